The molecule has 0 amide bonds. The molecule has 0 fully saturated rings. The van der Waals surface area contributed by atoms with E-state index in [1.807, 2.05) is 28.8 Å². The first kappa shape index (κ1) is 11.7. The van der Waals surface area contributed by atoms with E-state index in [1.165, 1.54) is 0 Å². The van der Waals surface area contributed by atoms with Gasteiger partial charge in [-0.15, -0.1) is 0 Å². The molecule has 2 heterocycles. The molecule has 4 nitrogen and oxygen atoms in total. The van der Waals surface area contributed by atoms with Crippen molar-refractivity contribution < 1.29 is 9.90 Å². The summed E-state index contributed by atoms with van der Waals surface area (Å²) in [7, 11) is 0. The van der Waals surface area contributed by atoms with Crippen molar-refractivity contribution in [3.63, 3.8) is 0 Å². The molecule has 5 heteroatoms. The van der Waals surface area contributed by atoms with Crippen molar-refractivity contribution in [2.45, 2.75) is 0 Å². The Balaban J connectivity index is 2.24. The number of fused-ring (bicyclic) bond motifs is 1. The van der Waals surface area contributed by atoms with Crippen LogP contribution >= 0.6 is 11.6 Å². The summed E-state index contributed by atoms with van der Waals surface area (Å²) in [6, 6.07) is 10.6. The van der Waals surface area contributed by atoms with Gasteiger partial charge < -0.3 is 5.11 Å². The van der Waals surface area contributed by atoms with Gasteiger partial charge >= 0.3 is 5.97 Å². The van der Waals surface area contributed by atoms with Crippen LogP contribution in [0.2, 0.25) is 5.02 Å². The summed E-state index contributed by atoms with van der Waals surface area (Å²) in [4.78, 5) is 15.3. The molecule has 0 radical (unpaired) electrons. The van der Waals surface area contributed by atoms with Crippen LogP contribution in [-0.4, -0.2) is 20.5 Å². The first-order valence-corrected chi connectivity index (χ1v) is 6.00. The van der Waals surface area contributed by atoms with E-state index in [4.69, 9.17) is 16.7 Å². The number of pyridine rings is 1. The molecular formula is C14H9ClN2O2. The van der Waals surface area contributed by atoms with Crippen LogP contribution in [0.1, 0.15) is 10.4 Å². The molecule has 0 aliphatic heterocycles. The fourth-order valence-electron chi connectivity index (χ4n) is 2.03. The van der Waals surface area contributed by atoms with E-state index in [0.717, 1.165) is 16.9 Å². The number of aromatic nitrogens is 2. The topological polar surface area (TPSA) is 54.6 Å². The van der Waals surface area contributed by atoms with Gasteiger partial charge in [0.25, 0.3) is 0 Å². The number of hydrogen-bond donors (Lipinski definition) is 1. The van der Waals surface area contributed by atoms with Crippen molar-refractivity contribution in [1.82, 2.24) is 9.38 Å². The molecule has 0 spiro atoms. The molecule has 1 aromatic carbocycles. The van der Waals surface area contributed by atoms with E-state index in [-0.39, 0.29) is 10.6 Å². The van der Waals surface area contributed by atoms with Crippen LogP contribution in [0, 0.1) is 0 Å². The van der Waals surface area contributed by atoms with Gasteiger partial charge in [0.2, 0.25) is 0 Å². The number of rotatable bonds is 2. The maximum atomic E-state index is 11.1. The van der Waals surface area contributed by atoms with Crippen molar-refractivity contribution in [3.05, 3.63) is 59.4 Å². The number of halogens is 1. The van der Waals surface area contributed by atoms with Gasteiger partial charge in [0.15, 0.2) is 0 Å². The van der Waals surface area contributed by atoms with Crippen LogP contribution in [0.15, 0.2) is 48.8 Å². The Morgan fingerprint density at radius 2 is 2.11 bits per heavy atom. The summed E-state index contributed by atoms with van der Waals surface area (Å²) < 4.78 is 1.90. The molecule has 94 valence electrons. The highest BCUT2D eigenvalue weighted by molar-refractivity contribution is 6.33. The van der Waals surface area contributed by atoms with E-state index in [0.29, 0.717) is 0 Å². The largest absolute Gasteiger partial charge is 0.478 e. The zero-order valence-electron chi connectivity index (χ0n) is 9.75. The van der Waals surface area contributed by atoms with Crippen LogP contribution < -0.4 is 0 Å². The number of imidazole rings is 1. The van der Waals surface area contributed by atoms with Crippen molar-refractivity contribution in [3.8, 4) is 11.3 Å². The molecule has 0 aliphatic carbocycles. The van der Waals surface area contributed by atoms with Crippen molar-refractivity contribution >= 4 is 23.2 Å². The Hall–Kier alpha value is -2.33. The third-order valence-electron chi connectivity index (χ3n) is 2.92. The van der Waals surface area contributed by atoms with Gasteiger partial charge in [-0.25, -0.2) is 9.78 Å². The molecule has 3 rings (SSSR count). The third kappa shape index (κ3) is 1.96. The Labute approximate surface area is 113 Å². The van der Waals surface area contributed by atoms with Crippen LogP contribution in [-0.2, 0) is 0 Å². The quantitative estimate of drug-likeness (QED) is 0.778. The summed E-state index contributed by atoms with van der Waals surface area (Å²) in [5.74, 6) is -1.04. The van der Waals surface area contributed by atoms with E-state index < -0.39 is 5.97 Å². The first-order valence-electron chi connectivity index (χ1n) is 5.62. The van der Waals surface area contributed by atoms with E-state index in [1.54, 1.807) is 24.4 Å². The van der Waals surface area contributed by atoms with Crippen LogP contribution in [0.5, 0.6) is 0 Å². The smallest absolute Gasteiger partial charge is 0.337 e. The number of carboxylic acid groups (broad SMARTS) is 1. The molecule has 1 N–H and O–H groups in total. The van der Waals surface area contributed by atoms with Crippen molar-refractivity contribution in [2.75, 3.05) is 0 Å². The number of hydrogen-bond acceptors (Lipinski definition) is 2. The van der Waals surface area contributed by atoms with Gasteiger partial charge in [-0.3, -0.25) is 4.40 Å². The maximum Gasteiger partial charge on any atom is 0.337 e. The highest BCUT2D eigenvalue weighted by atomic mass is 35.5. The average molecular weight is 273 g/mol. The minimum atomic E-state index is -1.04. The third-order valence-corrected chi connectivity index (χ3v) is 3.25. The lowest BCUT2D eigenvalue weighted by Gasteiger charge is -2.07. The van der Waals surface area contributed by atoms with Gasteiger partial charge in [-0.05, 0) is 29.8 Å². The lowest BCUT2D eigenvalue weighted by atomic mass is 10.1. The van der Waals surface area contributed by atoms with Crippen molar-refractivity contribution in [1.29, 1.82) is 0 Å². The van der Waals surface area contributed by atoms with Crippen LogP contribution in [0.4, 0.5) is 0 Å². The minimum Gasteiger partial charge on any atom is -0.478 e. The van der Waals surface area contributed by atoms with Gasteiger partial charge in [0, 0.05) is 12.4 Å². The molecule has 0 atom stereocenters. The standard InChI is InChI=1S/C14H9ClN2O2/c15-11-5-4-9(8-10(11)14(18)19)12-2-1-3-13-16-6-7-17(12)13/h1-8H,(H,18,19). The Morgan fingerprint density at radius 3 is 2.89 bits per heavy atom. The second-order valence-electron chi connectivity index (χ2n) is 4.07. The minimum absolute atomic E-state index is 0.0938. The van der Waals surface area contributed by atoms with Gasteiger partial charge in [-0.1, -0.05) is 23.7 Å². The normalized spacial score (nSPS) is 10.8. The van der Waals surface area contributed by atoms with Gasteiger partial charge in [0.05, 0.1) is 16.3 Å². The predicted molar refractivity (Wildman–Crippen MR) is 72.6 cm³/mol. The van der Waals surface area contributed by atoms with Crippen molar-refractivity contribution in [2.24, 2.45) is 0 Å². The number of benzene rings is 1. The molecular weight excluding hydrogens is 264 g/mol. The van der Waals surface area contributed by atoms with E-state index in [2.05, 4.69) is 4.98 Å². The van der Waals surface area contributed by atoms with E-state index in [9.17, 15) is 4.79 Å². The summed E-state index contributed by atoms with van der Waals surface area (Å²) in [6.45, 7) is 0. The second-order valence-corrected chi connectivity index (χ2v) is 4.47. The van der Waals surface area contributed by atoms with E-state index >= 15 is 0 Å². The summed E-state index contributed by atoms with van der Waals surface area (Å²) in [5, 5.41) is 9.34. The monoisotopic (exact) mass is 272 g/mol. The molecule has 0 aliphatic rings. The zero-order chi connectivity index (χ0) is 13.4. The number of carbonyl (C=O) groups is 1. The van der Waals surface area contributed by atoms with Crippen LogP contribution in [0.3, 0.4) is 0 Å². The first-order chi connectivity index (χ1) is 9.16. The summed E-state index contributed by atoms with van der Waals surface area (Å²) >= 11 is 5.88. The molecule has 2 aromatic heterocycles. The molecule has 3 aromatic rings. The zero-order valence-corrected chi connectivity index (χ0v) is 10.5. The second kappa shape index (κ2) is 4.40. The number of nitrogens with zero attached hydrogens (tertiary/aromatic N) is 2. The Kier molecular flexibility index (Phi) is 2.72. The summed E-state index contributed by atoms with van der Waals surface area (Å²) in [5.41, 5.74) is 2.56. The number of carboxylic acids is 1. The fraction of sp³-hybridized carbons (Fsp3) is 0. The molecule has 19 heavy (non-hydrogen) atoms. The number of aromatic carboxylic acids is 1. The predicted octanol–water partition coefficient (Wildman–Crippen LogP) is 3.35. The Morgan fingerprint density at radius 1 is 1.26 bits per heavy atom. The lowest BCUT2D eigenvalue weighted by molar-refractivity contribution is 0.0697. The molecule has 0 bridgehead atoms. The van der Waals surface area contributed by atoms with Gasteiger partial charge in [-0.2, -0.15) is 0 Å². The molecule has 0 saturated carbocycles. The average Bonchev–Trinajstić information content (AvgIpc) is 2.87. The molecule has 0 unspecified atom stereocenters. The fourth-order valence-corrected chi connectivity index (χ4v) is 2.23. The molecule has 0 saturated heterocycles. The highest BCUT2D eigenvalue weighted by Crippen LogP contribution is 2.25. The lowest BCUT2D eigenvalue weighted by Crippen LogP contribution is -1.99. The highest BCUT2D eigenvalue weighted by Gasteiger charge is 2.11. The SMILES string of the molecule is O=C(O)c1cc(-c2cccc3nccn23)ccc1Cl. The van der Waals surface area contributed by atoms with Crippen LogP contribution in [0.25, 0.3) is 16.9 Å². The summed E-state index contributed by atoms with van der Waals surface area (Å²) in [6.07, 6.45) is 3.53. The maximum absolute atomic E-state index is 11.1. The Bertz CT molecular complexity index is 780. The van der Waals surface area contributed by atoms with Gasteiger partial charge in [0.1, 0.15) is 5.65 Å².